The van der Waals surface area contributed by atoms with E-state index in [0.717, 1.165) is 40.9 Å². The van der Waals surface area contributed by atoms with Crippen LogP contribution in [0.25, 0.3) is 22.3 Å². The predicted molar refractivity (Wildman–Crippen MR) is 103 cm³/mol. The number of fused-ring (bicyclic) bond motifs is 1. The van der Waals surface area contributed by atoms with Crippen LogP contribution < -0.4 is 4.90 Å². The number of aromatic nitrogens is 5. The Balaban J connectivity index is 1.83. The maximum absolute atomic E-state index is 4.91. The van der Waals surface area contributed by atoms with Crippen LogP contribution in [-0.2, 0) is 13.6 Å². The van der Waals surface area contributed by atoms with Crippen LogP contribution in [0.5, 0.6) is 0 Å². The molecule has 3 aromatic heterocycles. The summed E-state index contributed by atoms with van der Waals surface area (Å²) in [7, 11) is 1.93. The van der Waals surface area contributed by atoms with Gasteiger partial charge in [0.2, 0.25) is 0 Å². The monoisotopic (exact) mass is 344 g/mol. The fraction of sp³-hybridized carbons (Fsp3) is 0.200. The first-order valence-corrected chi connectivity index (χ1v) is 8.64. The van der Waals surface area contributed by atoms with Gasteiger partial charge in [0, 0.05) is 55.2 Å². The third-order valence-corrected chi connectivity index (χ3v) is 4.33. The second-order valence-electron chi connectivity index (χ2n) is 6.16. The summed E-state index contributed by atoms with van der Waals surface area (Å²) in [5, 5.41) is 5.33. The molecule has 0 fully saturated rings. The van der Waals surface area contributed by atoms with Crippen molar-refractivity contribution in [1.82, 2.24) is 24.7 Å². The number of rotatable bonds is 5. The largest absolute Gasteiger partial charge is 0.352 e. The van der Waals surface area contributed by atoms with Crippen molar-refractivity contribution in [2.75, 3.05) is 11.4 Å². The van der Waals surface area contributed by atoms with Gasteiger partial charge in [0.1, 0.15) is 5.82 Å². The van der Waals surface area contributed by atoms with E-state index in [0.29, 0.717) is 5.82 Å². The van der Waals surface area contributed by atoms with Gasteiger partial charge >= 0.3 is 0 Å². The molecule has 3 heterocycles. The minimum atomic E-state index is 0.714. The van der Waals surface area contributed by atoms with Crippen molar-refractivity contribution in [2.45, 2.75) is 13.5 Å². The Hall–Kier alpha value is -3.28. The topological polar surface area (TPSA) is 59.7 Å². The van der Waals surface area contributed by atoms with Crippen molar-refractivity contribution in [3.63, 3.8) is 0 Å². The molecule has 0 saturated carbocycles. The summed E-state index contributed by atoms with van der Waals surface area (Å²) in [6, 6.07) is 12.0. The van der Waals surface area contributed by atoms with Crippen LogP contribution in [0.15, 0.2) is 61.2 Å². The first kappa shape index (κ1) is 16.2. The zero-order chi connectivity index (χ0) is 17.9. The summed E-state index contributed by atoms with van der Waals surface area (Å²) in [4.78, 5) is 16.0. The molecular formula is C20H20N6. The Morgan fingerprint density at radius 1 is 1.04 bits per heavy atom. The summed E-state index contributed by atoms with van der Waals surface area (Å²) in [6.07, 6.45) is 7.47. The van der Waals surface area contributed by atoms with Crippen molar-refractivity contribution in [3.8, 4) is 11.4 Å². The Morgan fingerprint density at radius 3 is 2.58 bits per heavy atom. The van der Waals surface area contributed by atoms with E-state index >= 15 is 0 Å². The van der Waals surface area contributed by atoms with Gasteiger partial charge in [-0.2, -0.15) is 5.10 Å². The van der Waals surface area contributed by atoms with Crippen LogP contribution in [0.4, 0.5) is 5.82 Å². The average molecular weight is 344 g/mol. The van der Waals surface area contributed by atoms with Gasteiger partial charge < -0.3 is 4.90 Å². The Kier molecular flexibility index (Phi) is 4.31. The van der Waals surface area contributed by atoms with Gasteiger partial charge in [-0.1, -0.05) is 12.1 Å². The van der Waals surface area contributed by atoms with E-state index in [4.69, 9.17) is 9.97 Å². The van der Waals surface area contributed by atoms with E-state index in [9.17, 15) is 0 Å². The molecule has 0 saturated heterocycles. The smallest absolute Gasteiger partial charge is 0.162 e. The van der Waals surface area contributed by atoms with Crippen LogP contribution in [-0.4, -0.2) is 31.3 Å². The normalized spacial score (nSPS) is 11.0. The van der Waals surface area contributed by atoms with E-state index in [1.807, 2.05) is 54.5 Å². The molecule has 0 aliphatic rings. The molecule has 0 atom stereocenters. The Bertz CT molecular complexity index is 1020. The lowest BCUT2D eigenvalue weighted by atomic mass is 10.2. The lowest BCUT2D eigenvalue weighted by Crippen LogP contribution is -2.23. The molecule has 130 valence electrons. The summed E-state index contributed by atoms with van der Waals surface area (Å²) in [6.45, 7) is 3.73. The molecular weight excluding hydrogens is 324 g/mol. The van der Waals surface area contributed by atoms with Gasteiger partial charge in [-0.3, -0.25) is 9.67 Å². The van der Waals surface area contributed by atoms with Crippen LogP contribution in [0, 0.1) is 0 Å². The highest BCUT2D eigenvalue weighted by Crippen LogP contribution is 2.28. The Morgan fingerprint density at radius 2 is 1.85 bits per heavy atom. The van der Waals surface area contributed by atoms with Gasteiger partial charge in [-0.25, -0.2) is 9.97 Å². The first-order valence-electron chi connectivity index (χ1n) is 8.64. The fourth-order valence-corrected chi connectivity index (χ4v) is 3.04. The summed E-state index contributed by atoms with van der Waals surface area (Å²) in [5.41, 5.74) is 3.06. The molecule has 0 bridgehead atoms. The maximum Gasteiger partial charge on any atom is 0.162 e. The van der Waals surface area contributed by atoms with E-state index in [1.54, 1.807) is 12.4 Å². The van der Waals surface area contributed by atoms with Gasteiger partial charge in [0.15, 0.2) is 5.82 Å². The lowest BCUT2D eigenvalue weighted by molar-refractivity contribution is 0.764. The van der Waals surface area contributed by atoms with Crippen molar-refractivity contribution < 1.29 is 0 Å². The number of hydrogen-bond donors (Lipinski definition) is 0. The second kappa shape index (κ2) is 6.92. The third-order valence-electron chi connectivity index (χ3n) is 4.33. The molecule has 0 aliphatic heterocycles. The van der Waals surface area contributed by atoms with Gasteiger partial charge in [0.25, 0.3) is 0 Å². The molecule has 6 nitrogen and oxygen atoms in total. The summed E-state index contributed by atoms with van der Waals surface area (Å²) in [5.74, 6) is 1.65. The molecule has 26 heavy (non-hydrogen) atoms. The number of para-hydroxylation sites is 1. The van der Waals surface area contributed by atoms with Crippen molar-refractivity contribution >= 4 is 16.7 Å². The number of anilines is 1. The summed E-state index contributed by atoms with van der Waals surface area (Å²) >= 11 is 0. The highest BCUT2D eigenvalue weighted by molar-refractivity contribution is 5.91. The molecule has 0 N–H and O–H groups in total. The molecule has 4 aromatic rings. The van der Waals surface area contributed by atoms with Crippen LogP contribution in [0.3, 0.4) is 0 Å². The second-order valence-corrected chi connectivity index (χ2v) is 6.16. The highest BCUT2D eigenvalue weighted by Gasteiger charge is 2.15. The minimum Gasteiger partial charge on any atom is -0.352 e. The van der Waals surface area contributed by atoms with E-state index in [-0.39, 0.29) is 0 Å². The van der Waals surface area contributed by atoms with Crippen LogP contribution in [0.2, 0.25) is 0 Å². The minimum absolute atomic E-state index is 0.714. The quantitative estimate of drug-likeness (QED) is 0.555. The number of nitrogens with zero attached hydrogens (tertiary/aromatic N) is 6. The maximum atomic E-state index is 4.91. The molecule has 4 rings (SSSR count). The van der Waals surface area contributed by atoms with E-state index in [1.165, 1.54) is 0 Å². The average Bonchev–Trinajstić information content (AvgIpc) is 3.11. The van der Waals surface area contributed by atoms with Gasteiger partial charge in [-0.05, 0) is 31.2 Å². The number of aryl methyl sites for hydroxylation is 1. The number of pyridine rings is 1. The van der Waals surface area contributed by atoms with E-state index in [2.05, 4.69) is 28.0 Å². The van der Waals surface area contributed by atoms with Crippen molar-refractivity contribution in [3.05, 3.63) is 66.7 Å². The molecule has 1 aromatic carbocycles. The van der Waals surface area contributed by atoms with Crippen LogP contribution in [0.1, 0.15) is 12.5 Å². The predicted octanol–water partition coefficient (Wildman–Crippen LogP) is 3.45. The highest BCUT2D eigenvalue weighted by atomic mass is 15.3. The zero-order valence-electron chi connectivity index (χ0n) is 14.9. The summed E-state index contributed by atoms with van der Waals surface area (Å²) < 4.78 is 1.82. The van der Waals surface area contributed by atoms with Crippen LogP contribution >= 0.6 is 0 Å². The molecule has 0 spiro atoms. The fourth-order valence-electron chi connectivity index (χ4n) is 3.04. The standard InChI is InChI=1S/C20H20N6/c1-3-26(14-15-12-22-25(2)13-15)20-17-6-4-5-7-18(17)23-19(24-20)16-8-10-21-11-9-16/h4-13H,3,14H2,1-2H3. The lowest BCUT2D eigenvalue weighted by Gasteiger charge is -2.23. The van der Waals surface area contributed by atoms with Crippen molar-refractivity contribution in [2.24, 2.45) is 7.05 Å². The molecule has 0 aliphatic carbocycles. The zero-order valence-corrected chi connectivity index (χ0v) is 14.9. The molecule has 6 heteroatoms. The SMILES string of the molecule is CCN(Cc1cnn(C)c1)c1nc(-c2ccncc2)nc2ccccc12. The van der Waals surface area contributed by atoms with Crippen molar-refractivity contribution in [1.29, 1.82) is 0 Å². The third kappa shape index (κ3) is 3.13. The number of benzene rings is 1. The molecule has 0 amide bonds. The molecule has 0 unspecified atom stereocenters. The first-order chi connectivity index (χ1) is 12.7. The Labute approximate surface area is 152 Å². The number of hydrogen-bond acceptors (Lipinski definition) is 5. The van der Waals surface area contributed by atoms with E-state index < -0.39 is 0 Å². The van der Waals surface area contributed by atoms with Gasteiger partial charge in [0.05, 0.1) is 11.7 Å². The molecule has 0 radical (unpaired) electrons. The van der Waals surface area contributed by atoms with Gasteiger partial charge in [-0.15, -0.1) is 0 Å².